The lowest BCUT2D eigenvalue weighted by Crippen LogP contribution is -2.43. The highest BCUT2D eigenvalue weighted by atomic mass is 32.2. The fourth-order valence-electron chi connectivity index (χ4n) is 5.06. The second-order valence-electron chi connectivity index (χ2n) is 9.32. The van der Waals surface area contributed by atoms with E-state index in [0.29, 0.717) is 37.2 Å². The largest absolute Gasteiger partial charge is 0.325 e. The van der Waals surface area contributed by atoms with Crippen molar-refractivity contribution in [2.75, 3.05) is 29.9 Å². The second-order valence-corrected chi connectivity index (χ2v) is 11.3. The van der Waals surface area contributed by atoms with E-state index in [1.165, 1.54) is 16.4 Å². The van der Waals surface area contributed by atoms with E-state index in [9.17, 15) is 22.4 Å². The fraction of sp³-hybridized carbons (Fsp3) is 0.333. The third-order valence-corrected chi connectivity index (χ3v) is 8.86. The van der Waals surface area contributed by atoms with Gasteiger partial charge < -0.3 is 10.2 Å². The van der Waals surface area contributed by atoms with Crippen molar-refractivity contribution in [1.82, 2.24) is 4.31 Å². The first-order valence-electron chi connectivity index (χ1n) is 12.3. The van der Waals surface area contributed by atoms with Gasteiger partial charge in [0.05, 0.1) is 16.5 Å². The van der Waals surface area contributed by atoms with Gasteiger partial charge in [-0.05, 0) is 61.7 Å². The van der Waals surface area contributed by atoms with Crippen molar-refractivity contribution in [3.05, 3.63) is 66.0 Å². The summed E-state index contributed by atoms with van der Waals surface area (Å²) >= 11 is 0. The molecule has 0 radical (unpaired) electrons. The molecule has 1 fully saturated rings. The average molecular weight is 510 g/mol. The Morgan fingerprint density at radius 3 is 2.64 bits per heavy atom. The van der Waals surface area contributed by atoms with Crippen LogP contribution in [-0.2, 0) is 14.8 Å². The molecule has 1 saturated heterocycles. The molecule has 1 N–H and O–H groups in total. The van der Waals surface area contributed by atoms with Gasteiger partial charge in [0.2, 0.25) is 15.9 Å². The maximum atomic E-state index is 13.3. The van der Waals surface area contributed by atoms with Crippen LogP contribution in [0.4, 0.5) is 15.8 Å². The number of benzene rings is 3. The molecule has 2 heterocycles. The number of nitrogens with zero attached hydrogens (tertiary/aromatic N) is 2. The topological polar surface area (TPSA) is 86.8 Å². The lowest BCUT2D eigenvalue weighted by atomic mass is 9.98. The van der Waals surface area contributed by atoms with E-state index in [1.54, 1.807) is 4.90 Å². The van der Waals surface area contributed by atoms with Crippen LogP contribution in [0.3, 0.4) is 0 Å². The zero-order valence-corrected chi connectivity index (χ0v) is 20.9. The van der Waals surface area contributed by atoms with Crippen molar-refractivity contribution in [1.29, 1.82) is 0 Å². The van der Waals surface area contributed by atoms with E-state index in [2.05, 4.69) is 12.2 Å². The summed E-state index contributed by atoms with van der Waals surface area (Å²) in [5, 5.41) is 4.61. The van der Waals surface area contributed by atoms with E-state index >= 15 is 0 Å². The van der Waals surface area contributed by atoms with Gasteiger partial charge in [-0.15, -0.1) is 0 Å². The molecule has 2 aliphatic heterocycles. The molecule has 7 nitrogen and oxygen atoms in total. The summed E-state index contributed by atoms with van der Waals surface area (Å²) in [6, 6.07) is 13.9. The minimum atomic E-state index is -3.83. The van der Waals surface area contributed by atoms with Crippen LogP contribution in [0.5, 0.6) is 0 Å². The zero-order chi connectivity index (χ0) is 25.4. The third-order valence-electron chi connectivity index (χ3n) is 6.98. The SMILES string of the molecule is CCCCN1C(=O)c2cccc3c(NC(=O)C4CCCN(S(=O)(=O)c5ccc(F)cc5)C4)ccc1c23. The number of nitrogens with one attached hydrogen (secondary N) is 1. The van der Waals surface area contributed by atoms with Crippen molar-refractivity contribution in [3.63, 3.8) is 0 Å². The minimum absolute atomic E-state index is 0.00903. The number of piperidine rings is 1. The van der Waals surface area contributed by atoms with Gasteiger partial charge in [-0.25, -0.2) is 12.8 Å². The molecule has 0 spiro atoms. The Morgan fingerprint density at radius 2 is 1.89 bits per heavy atom. The van der Waals surface area contributed by atoms with Crippen molar-refractivity contribution < 1.29 is 22.4 Å². The minimum Gasteiger partial charge on any atom is -0.325 e. The van der Waals surface area contributed by atoms with Crippen LogP contribution in [0.25, 0.3) is 10.8 Å². The lowest BCUT2D eigenvalue weighted by molar-refractivity contribution is -0.120. The van der Waals surface area contributed by atoms with Crippen LogP contribution in [0.2, 0.25) is 0 Å². The van der Waals surface area contributed by atoms with Crippen LogP contribution in [0, 0.1) is 11.7 Å². The highest BCUT2D eigenvalue weighted by Gasteiger charge is 2.34. The average Bonchev–Trinajstić information content (AvgIpc) is 3.16. The van der Waals surface area contributed by atoms with Crippen LogP contribution < -0.4 is 10.2 Å². The van der Waals surface area contributed by atoms with Gasteiger partial charge in [-0.1, -0.05) is 25.5 Å². The first-order valence-corrected chi connectivity index (χ1v) is 13.7. The number of sulfonamides is 1. The lowest BCUT2D eigenvalue weighted by Gasteiger charge is -2.31. The van der Waals surface area contributed by atoms with Gasteiger partial charge in [0.1, 0.15) is 5.82 Å². The highest BCUT2D eigenvalue weighted by Crippen LogP contribution is 2.41. The number of halogens is 1. The number of rotatable bonds is 7. The Morgan fingerprint density at radius 1 is 1.11 bits per heavy atom. The summed E-state index contributed by atoms with van der Waals surface area (Å²) in [5.74, 6) is -1.33. The molecule has 36 heavy (non-hydrogen) atoms. The molecule has 9 heteroatoms. The fourth-order valence-corrected chi connectivity index (χ4v) is 6.58. The van der Waals surface area contributed by atoms with Crippen molar-refractivity contribution in [3.8, 4) is 0 Å². The van der Waals surface area contributed by atoms with Crippen LogP contribution in [0.15, 0.2) is 59.5 Å². The van der Waals surface area contributed by atoms with E-state index in [4.69, 9.17) is 0 Å². The Hall–Kier alpha value is -3.30. The van der Waals surface area contributed by atoms with Crippen LogP contribution in [-0.4, -0.2) is 44.2 Å². The Balaban J connectivity index is 1.37. The number of amides is 2. The van der Waals surface area contributed by atoms with E-state index in [1.807, 2.05) is 30.3 Å². The normalized spacial score (nSPS) is 18.1. The van der Waals surface area contributed by atoms with Crippen LogP contribution in [0.1, 0.15) is 43.0 Å². The predicted molar refractivity (Wildman–Crippen MR) is 137 cm³/mol. The molecule has 0 saturated carbocycles. The monoisotopic (exact) mass is 509 g/mol. The van der Waals surface area contributed by atoms with Gasteiger partial charge in [-0.3, -0.25) is 9.59 Å². The Kier molecular flexibility index (Phi) is 6.53. The maximum absolute atomic E-state index is 13.3. The molecule has 0 aliphatic carbocycles. The highest BCUT2D eigenvalue weighted by molar-refractivity contribution is 7.89. The number of carbonyl (C=O) groups excluding carboxylic acids is 2. The number of anilines is 2. The number of carbonyl (C=O) groups is 2. The number of hydrogen-bond donors (Lipinski definition) is 1. The first-order chi connectivity index (χ1) is 17.3. The smallest absolute Gasteiger partial charge is 0.258 e. The molecule has 5 rings (SSSR count). The molecule has 188 valence electrons. The predicted octanol–water partition coefficient (Wildman–Crippen LogP) is 4.78. The van der Waals surface area contributed by atoms with Crippen molar-refractivity contribution in [2.24, 2.45) is 5.92 Å². The summed E-state index contributed by atoms with van der Waals surface area (Å²) in [4.78, 5) is 28.1. The van der Waals surface area contributed by atoms with Gasteiger partial charge in [0, 0.05) is 41.7 Å². The molecule has 0 bridgehead atoms. The molecule has 1 atom stereocenters. The van der Waals surface area contributed by atoms with E-state index in [0.717, 1.165) is 41.4 Å². The number of hydrogen-bond acceptors (Lipinski definition) is 4. The van der Waals surface area contributed by atoms with E-state index < -0.39 is 21.8 Å². The molecule has 1 unspecified atom stereocenters. The maximum Gasteiger partial charge on any atom is 0.258 e. The molecule has 3 aromatic rings. The molecule has 0 aromatic heterocycles. The van der Waals surface area contributed by atoms with Gasteiger partial charge in [0.15, 0.2) is 0 Å². The molecule has 2 amide bonds. The van der Waals surface area contributed by atoms with Gasteiger partial charge in [0.25, 0.3) is 5.91 Å². The standard InChI is InChI=1S/C27H28FN3O4S/c1-2-3-16-31-24-14-13-23(21-7-4-8-22(25(21)24)27(31)33)29-26(32)18-6-5-15-30(17-18)36(34,35)20-11-9-19(28)10-12-20/h4,7-14,18H,2-3,5-6,15-17H2,1H3,(H,29,32). The summed E-state index contributed by atoms with van der Waals surface area (Å²) in [5.41, 5.74) is 2.08. The van der Waals surface area contributed by atoms with Crippen LogP contribution >= 0.6 is 0 Å². The molecular weight excluding hydrogens is 481 g/mol. The van der Waals surface area contributed by atoms with Crippen molar-refractivity contribution >= 4 is 44.0 Å². The van der Waals surface area contributed by atoms with E-state index in [-0.39, 0.29) is 23.3 Å². The third kappa shape index (κ3) is 4.26. The number of unbranched alkanes of at least 4 members (excludes halogenated alkanes) is 1. The Labute approximate surface area is 209 Å². The molecule has 3 aromatic carbocycles. The van der Waals surface area contributed by atoms with Crippen molar-refractivity contribution in [2.45, 2.75) is 37.5 Å². The summed E-state index contributed by atoms with van der Waals surface area (Å²) in [7, 11) is -3.83. The Bertz CT molecular complexity index is 1440. The molecule has 2 aliphatic rings. The molecular formula is C27H28FN3O4S. The zero-order valence-electron chi connectivity index (χ0n) is 20.0. The van der Waals surface area contributed by atoms with Gasteiger partial charge in [-0.2, -0.15) is 4.31 Å². The second kappa shape index (κ2) is 9.63. The van der Waals surface area contributed by atoms with Gasteiger partial charge >= 0.3 is 0 Å². The summed E-state index contributed by atoms with van der Waals surface area (Å²) in [6.45, 7) is 3.08. The summed E-state index contributed by atoms with van der Waals surface area (Å²) in [6.07, 6.45) is 2.99. The first kappa shape index (κ1) is 24.4. The quantitative estimate of drug-likeness (QED) is 0.497. The summed E-state index contributed by atoms with van der Waals surface area (Å²) < 4.78 is 40.7.